The van der Waals surface area contributed by atoms with Gasteiger partial charge in [-0.15, -0.1) is 0 Å². The van der Waals surface area contributed by atoms with Gasteiger partial charge < -0.3 is 5.73 Å². The van der Waals surface area contributed by atoms with Gasteiger partial charge in [-0.3, -0.25) is 0 Å². The highest BCUT2D eigenvalue weighted by Gasteiger charge is 2.15. The van der Waals surface area contributed by atoms with Gasteiger partial charge in [-0.2, -0.15) is 0 Å². The van der Waals surface area contributed by atoms with Gasteiger partial charge in [-0.1, -0.05) is 48.5 Å². The Hall–Kier alpha value is -2.37. The fourth-order valence-electron chi connectivity index (χ4n) is 2.40. The summed E-state index contributed by atoms with van der Waals surface area (Å²) in [6.07, 6.45) is 0. The van der Waals surface area contributed by atoms with E-state index < -0.39 is 10.0 Å². The number of anilines is 1. The number of nitrogen functional groups attached to an aromatic ring is 1. The molecule has 0 saturated heterocycles. The van der Waals surface area contributed by atoms with Crippen LogP contribution in [0.4, 0.5) is 5.69 Å². The van der Waals surface area contributed by atoms with E-state index in [2.05, 4.69) is 0 Å². The van der Waals surface area contributed by atoms with Crippen LogP contribution in [0.25, 0.3) is 21.9 Å². The van der Waals surface area contributed by atoms with Crippen molar-refractivity contribution in [2.45, 2.75) is 4.90 Å². The predicted molar refractivity (Wildman–Crippen MR) is 85.2 cm³/mol. The predicted octanol–water partition coefficient (Wildman–Crippen LogP) is 2.74. The monoisotopic (exact) mass is 298 g/mol. The van der Waals surface area contributed by atoms with Crippen LogP contribution >= 0.6 is 0 Å². The Morgan fingerprint density at radius 2 is 1.52 bits per heavy atom. The molecule has 4 N–H and O–H groups in total. The lowest BCUT2D eigenvalue weighted by Gasteiger charge is -2.10. The Labute approximate surface area is 123 Å². The van der Waals surface area contributed by atoms with Gasteiger partial charge in [0.15, 0.2) is 0 Å². The largest absolute Gasteiger partial charge is 0.397 e. The lowest BCUT2D eigenvalue weighted by molar-refractivity contribution is 0.598. The van der Waals surface area contributed by atoms with Crippen molar-refractivity contribution >= 4 is 26.5 Å². The van der Waals surface area contributed by atoms with Gasteiger partial charge in [0, 0.05) is 5.56 Å². The molecule has 0 amide bonds. The number of rotatable bonds is 2. The molecule has 106 valence electrons. The van der Waals surface area contributed by atoms with Gasteiger partial charge in [0.1, 0.15) is 4.90 Å². The molecule has 0 bridgehead atoms. The van der Waals surface area contributed by atoms with Gasteiger partial charge in [0.2, 0.25) is 10.0 Å². The molecule has 3 aromatic carbocycles. The van der Waals surface area contributed by atoms with Crippen molar-refractivity contribution in [1.29, 1.82) is 0 Å². The van der Waals surface area contributed by atoms with Crippen molar-refractivity contribution in [3.05, 3.63) is 60.7 Å². The zero-order chi connectivity index (χ0) is 15.0. The lowest BCUT2D eigenvalue weighted by Crippen LogP contribution is -2.14. The average molecular weight is 298 g/mol. The summed E-state index contributed by atoms with van der Waals surface area (Å²) in [6.45, 7) is 0. The second-order valence-electron chi connectivity index (χ2n) is 4.82. The zero-order valence-electron chi connectivity index (χ0n) is 11.2. The first kappa shape index (κ1) is 13.6. The first-order valence-corrected chi connectivity index (χ1v) is 7.92. The molecule has 0 fully saturated rings. The summed E-state index contributed by atoms with van der Waals surface area (Å²) in [5, 5.41) is 7.37. The maximum absolute atomic E-state index is 11.5. The van der Waals surface area contributed by atoms with E-state index >= 15 is 0 Å². The van der Waals surface area contributed by atoms with Gasteiger partial charge in [-0.05, 0) is 28.5 Å². The highest BCUT2D eigenvalue weighted by molar-refractivity contribution is 7.89. The standard InChI is InChI=1S/C16H14N2O2S/c17-16-14(6-3-7-15(16)21(18,19)20)13-9-8-11-4-1-2-5-12(11)10-13/h1-10H,17H2,(H2,18,19,20). The molecule has 0 aliphatic carbocycles. The normalized spacial score (nSPS) is 11.7. The molecule has 3 rings (SSSR count). The number of benzene rings is 3. The van der Waals surface area contributed by atoms with E-state index in [9.17, 15) is 8.42 Å². The van der Waals surface area contributed by atoms with E-state index in [-0.39, 0.29) is 10.6 Å². The van der Waals surface area contributed by atoms with Crippen LogP contribution in [-0.2, 0) is 10.0 Å². The molecule has 0 aliphatic heterocycles. The fraction of sp³-hybridized carbons (Fsp3) is 0. The van der Waals surface area contributed by atoms with Crippen LogP contribution in [0.15, 0.2) is 65.6 Å². The Bertz CT molecular complexity index is 934. The maximum atomic E-state index is 11.5. The summed E-state index contributed by atoms with van der Waals surface area (Å²) in [6, 6.07) is 18.7. The molecular formula is C16H14N2O2S. The summed E-state index contributed by atoms with van der Waals surface area (Å²) < 4.78 is 23.1. The molecule has 0 unspecified atom stereocenters. The van der Waals surface area contributed by atoms with Gasteiger partial charge >= 0.3 is 0 Å². The van der Waals surface area contributed by atoms with E-state index in [1.54, 1.807) is 12.1 Å². The van der Waals surface area contributed by atoms with Crippen molar-refractivity contribution in [2.24, 2.45) is 5.14 Å². The minimum Gasteiger partial charge on any atom is -0.397 e. The molecule has 0 spiro atoms. The third-order valence-electron chi connectivity index (χ3n) is 3.43. The number of sulfonamides is 1. The highest BCUT2D eigenvalue weighted by Crippen LogP contribution is 2.32. The van der Waals surface area contributed by atoms with Crippen LogP contribution < -0.4 is 10.9 Å². The molecular weight excluding hydrogens is 284 g/mol. The first-order chi connectivity index (χ1) is 9.97. The Morgan fingerprint density at radius 1 is 0.810 bits per heavy atom. The fourth-order valence-corrected chi connectivity index (χ4v) is 3.09. The molecule has 0 aromatic heterocycles. The van der Waals surface area contributed by atoms with Crippen LogP contribution in [0, 0.1) is 0 Å². The zero-order valence-corrected chi connectivity index (χ0v) is 12.0. The SMILES string of the molecule is Nc1c(-c2ccc3ccccc3c2)cccc1S(N)(=O)=O. The third kappa shape index (κ3) is 2.49. The Kier molecular flexibility index (Phi) is 3.16. The van der Waals surface area contributed by atoms with Crippen LogP contribution in [0.2, 0.25) is 0 Å². The molecule has 0 saturated carbocycles. The molecule has 0 heterocycles. The van der Waals surface area contributed by atoms with E-state index in [4.69, 9.17) is 10.9 Å². The van der Waals surface area contributed by atoms with E-state index in [0.29, 0.717) is 5.56 Å². The van der Waals surface area contributed by atoms with Gasteiger partial charge in [0.05, 0.1) is 5.69 Å². The second-order valence-corrected chi connectivity index (χ2v) is 6.35. The van der Waals surface area contributed by atoms with E-state index in [1.807, 2.05) is 42.5 Å². The number of para-hydroxylation sites is 1. The number of primary sulfonamides is 1. The molecule has 3 aromatic rings. The molecule has 21 heavy (non-hydrogen) atoms. The van der Waals surface area contributed by atoms with Crippen LogP contribution in [0.1, 0.15) is 0 Å². The number of hydrogen-bond acceptors (Lipinski definition) is 3. The van der Waals surface area contributed by atoms with Crippen molar-refractivity contribution < 1.29 is 8.42 Å². The van der Waals surface area contributed by atoms with Crippen molar-refractivity contribution in [1.82, 2.24) is 0 Å². The maximum Gasteiger partial charge on any atom is 0.240 e. The minimum absolute atomic E-state index is 0.0480. The summed E-state index contributed by atoms with van der Waals surface area (Å²) in [7, 11) is -3.83. The van der Waals surface area contributed by atoms with E-state index in [0.717, 1.165) is 16.3 Å². The van der Waals surface area contributed by atoms with Crippen LogP contribution in [0.5, 0.6) is 0 Å². The van der Waals surface area contributed by atoms with Crippen molar-refractivity contribution in [3.8, 4) is 11.1 Å². The van der Waals surface area contributed by atoms with Crippen molar-refractivity contribution in [2.75, 3.05) is 5.73 Å². The van der Waals surface area contributed by atoms with Crippen molar-refractivity contribution in [3.63, 3.8) is 0 Å². The highest BCUT2D eigenvalue weighted by atomic mass is 32.2. The van der Waals surface area contributed by atoms with Crippen LogP contribution in [-0.4, -0.2) is 8.42 Å². The second kappa shape index (κ2) is 4.87. The topological polar surface area (TPSA) is 86.2 Å². The summed E-state index contributed by atoms with van der Waals surface area (Å²) in [5.74, 6) is 0. The third-order valence-corrected chi connectivity index (χ3v) is 4.40. The number of nitrogens with two attached hydrogens (primary N) is 2. The lowest BCUT2D eigenvalue weighted by atomic mass is 10.00. The quantitative estimate of drug-likeness (QED) is 0.713. The molecule has 5 heteroatoms. The van der Waals surface area contributed by atoms with Gasteiger partial charge in [0.25, 0.3) is 0 Å². The molecule has 4 nitrogen and oxygen atoms in total. The van der Waals surface area contributed by atoms with E-state index in [1.165, 1.54) is 6.07 Å². The van der Waals surface area contributed by atoms with Crippen LogP contribution in [0.3, 0.4) is 0 Å². The Balaban J connectivity index is 2.23. The average Bonchev–Trinajstić information content (AvgIpc) is 2.46. The molecule has 0 radical (unpaired) electrons. The summed E-state index contributed by atoms with van der Waals surface area (Å²) in [4.78, 5) is -0.0480. The number of hydrogen-bond donors (Lipinski definition) is 2. The summed E-state index contributed by atoms with van der Waals surface area (Å²) >= 11 is 0. The summed E-state index contributed by atoms with van der Waals surface area (Å²) in [5.41, 5.74) is 7.68. The molecule has 0 aliphatic rings. The van der Waals surface area contributed by atoms with Gasteiger partial charge in [-0.25, -0.2) is 13.6 Å². The number of fused-ring (bicyclic) bond motifs is 1. The minimum atomic E-state index is -3.83. The Morgan fingerprint density at radius 3 is 2.24 bits per heavy atom. The smallest absolute Gasteiger partial charge is 0.240 e. The molecule has 0 atom stereocenters. The first-order valence-electron chi connectivity index (χ1n) is 6.37.